The van der Waals surface area contributed by atoms with E-state index in [9.17, 15) is 4.79 Å². The van der Waals surface area contributed by atoms with Crippen molar-refractivity contribution >= 4 is 11.6 Å². The third kappa shape index (κ3) is 5.57. The zero-order chi connectivity index (χ0) is 13.2. The second kappa shape index (κ2) is 8.39. The number of unbranched alkanes of at least 4 members (excludes halogenated alkanes) is 1. The van der Waals surface area contributed by atoms with E-state index >= 15 is 0 Å². The van der Waals surface area contributed by atoms with Crippen LogP contribution in [0.3, 0.4) is 0 Å². The molecule has 1 amide bonds. The first-order valence-electron chi connectivity index (χ1n) is 6.49. The largest absolute Gasteiger partial charge is 0.494 e. The van der Waals surface area contributed by atoms with Gasteiger partial charge < -0.3 is 15.4 Å². The summed E-state index contributed by atoms with van der Waals surface area (Å²) in [6.45, 7) is 5.77. The van der Waals surface area contributed by atoms with E-state index in [1.807, 2.05) is 31.2 Å². The fourth-order valence-corrected chi connectivity index (χ4v) is 1.49. The Morgan fingerprint density at radius 3 is 2.56 bits per heavy atom. The second-order valence-corrected chi connectivity index (χ2v) is 4.01. The van der Waals surface area contributed by atoms with Crippen molar-refractivity contribution in [2.75, 3.05) is 25.0 Å². The molecule has 0 saturated heterocycles. The lowest BCUT2D eigenvalue weighted by Gasteiger charge is -2.08. The minimum Gasteiger partial charge on any atom is -0.494 e. The van der Waals surface area contributed by atoms with Crippen molar-refractivity contribution in [1.29, 1.82) is 0 Å². The Labute approximate surface area is 109 Å². The van der Waals surface area contributed by atoms with Crippen LogP contribution in [0.2, 0.25) is 0 Å². The highest BCUT2D eigenvalue weighted by Crippen LogP contribution is 2.15. The number of nitrogens with one attached hydrogen (secondary N) is 2. The summed E-state index contributed by atoms with van der Waals surface area (Å²) in [5, 5.41) is 5.93. The lowest BCUT2D eigenvalue weighted by molar-refractivity contribution is -0.119. The van der Waals surface area contributed by atoms with E-state index in [2.05, 4.69) is 17.6 Å². The van der Waals surface area contributed by atoms with Gasteiger partial charge in [-0.3, -0.25) is 4.79 Å². The van der Waals surface area contributed by atoms with Gasteiger partial charge in [0.1, 0.15) is 5.75 Å². The fraction of sp³-hybridized carbons (Fsp3) is 0.500. The Balaban J connectivity index is 2.27. The Kier molecular flexibility index (Phi) is 6.69. The smallest absolute Gasteiger partial charge is 0.239 e. The van der Waals surface area contributed by atoms with Crippen LogP contribution in [0.15, 0.2) is 24.3 Å². The standard InChI is InChI=1S/C14H22N2O2/c1-3-5-10-15-14(17)11-16-12-6-8-13(9-7-12)18-4-2/h6-9,16H,3-5,10-11H2,1-2H3,(H,15,17). The van der Waals surface area contributed by atoms with Gasteiger partial charge in [0.2, 0.25) is 5.91 Å². The molecule has 100 valence electrons. The van der Waals surface area contributed by atoms with Gasteiger partial charge in [0, 0.05) is 12.2 Å². The van der Waals surface area contributed by atoms with Crippen LogP contribution in [-0.4, -0.2) is 25.6 Å². The van der Waals surface area contributed by atoms with Gasteiger partial charge in [-0.05, 0) is 37.6 Å². The summed E-state index contributed by atoms with van der Waals surface area (Å²) in [6, 6.07) is 7.59. The van der Waals surface area contributed by atoms with Crippen LogP contribution in [0, 0.1) is 0 Å². The predicted molar refractivity (Wildman–Crippen MR) is 74.0 cm³/mol. The van der Waals surface area contributed by atoms with Gasteiger partial charge in [0.05, 0.1) is 13.2 Å². The number of hydrogen-bond donors (Lipinski definition) is 2. The average Bonchev–Trinajstić information content (AvgIpc) is 2.39. The number of benzene rings is 1. The average molecular weight is 250 g/mol. The molecule has 0 fully saturated rings. The molecule has 4 heteroatoms. The van der Waals surface area contributed by atoms with Gasteiger partial charge in [-0.1, -0.05) is 13.3 Å². The van der Waals surface area contributed by atoms with E-state index in [1.165, 1.54) is 0 Å². The molecule has 4 nitrogen and oxygen atoms in total. The predicted octanol–water partition coefficient (Wildman–Crippen LogP) is 2.41. The molecular formula is C14H22N2O2. The van der Waals surface area contributed by atoms with E-state index in [4.69, 9.17) is 4.74 Å². The molecule has 0 heterocycles. The molecule has 0 unspecified atom stereocenters. The maximum Gasteiger partial charge on any atom is 0.239 e. The summed E-state index contributed by atoms with van der Waals surface area (Å²) in [7, 11) is 0. The number of amides is 1. The van der Waals surface area contributed by atoms with Crippen LogP contribution in [-0.2, 0) is 4.79 Å². The normalized spacial score (nSPS) is 9.89. The molecule has 0 aromatic heterocycles. The van der Waals surface area contributed by atoms with Gasteiger partial charge >= 0.3 is 0 Å². The van der Waals surface area contributed by atoms with Gasteiger partial charge in [0.15, 0.2) is 0 Å². The quantitative estimate of drug-likeness (QED) is 0.697. The number of carbonyl (C=O) groups is 1. The van der Waals surface area contributed by atoms with E-state index in [0.29, 0.717) is 13.2 Å². The highest BCUT2D eigenvalue weighted by atomic mass is 16.5. The Hall–Kier alpha value is -1.71. The third-order valence-corrected chi connectivity index (χ3v) is 2.47. The second-order valence-electron chi connectivity index (χ2n) is 4.01. The molecule has 0 atom stereocenters. The van der Waals surface area contributed by atoms with Crippen LogP contribution in [0.25, 0.3) is 0 Å². The molecule has 1 aromatic rings. The first kappa shape index (κ1) is 14.4. The minimum atomic E-state index is 0.0253. The Morgan fingerprint density at radius 1 is 1.22 bits per heavy atom. The molecule has 1 rings (SSSR count). The van der Waals surface area contributed by atoms with Crippen molar-refractivity contribution < 1.29 is 9.53 Å². The van der Waals surface area contributed by atoms with Gasteiger partial charge in [0.25, 0.3) is 0 Å². The number of carbonyl (C=O) groups excluding carboxylic acids is 1. The minimum absolute atomic E-state index is 0.0253. The highest BCUT2D eigenvalue weighted by molar-refractivity contribution is 5.80. The molecule has 0 spiro atoms. The highest BCUT2D eigenvalue weighted by Gasteiger charge is 2.00. The summed E-state index contributed by atoms with van der Waals surface area (Å²) >= 11 is 0. The molecule has 0 aliphatic rings. The van der Waals surface area contributed by atoms with E-state index in [1.54, 1.807) is 0 Å². The molecule has 0 aliphatic heterocycles. The molecule has 0 radical (unpaired) electrons. The van der Waals surface area contributed by atoms with Crippen molar-refractivity contribution in [2.45, 2.75) is 26.7 Å². The lowest BCUT2D eigenvalue weighted by atomic mass is 10.3. The van der Waals surface area contributed by atoms with Crippen molar-refractivity contribution in [3.05, 3.63) is 24.3 Å². The lowest BCUT2D eigenvalue weighted by Crippen LogP contribution is -2.30. The van der Waals surface area contributed by atoms with Crippen LogP contribution in [0.1, 0.15) is 26.7 Å². The molecule has 18 heavy (non-hydrogen) atoms. The summed E-state index contributed by atoms with van der Waals surface area (Å²) in [6.07, 6.45) is 2.11. The van der Waals surface area contributed by atoms with Crippen LogP contribution < -0.4 is 15.4 Å². The number of hydrogen-bond acceptors (Lipinski definition) is 3. The Morgan fingerprint density at radius 2 is 1.94 bits per heavy atom. The van der Waals surface area contributed by atoms with Gasteiger partial charge in [-0.25, -0.2) is 0 Å². The first-order chi connectivity index (χ1) is 8.76. The monoisotopic (exact) mass is 250 g/mol. The fourth-order valence-electron chi connectivity index (χ4n) is 1.49. The molecule has 0 aliphatic carbocycles. The summed E-state index contributed by atoms with van der Waals surface area (Å²) in [4.78, 5) is 11.5. The van der Waals surface area contributed by atoms with Crippen molar-refractivity contribution in [2.24, 2.45) is 0 Å². The van der Waals surface area contributed by atoms with E-state index < -0.39 is 0 Å². The van der Waals surface area contributed by atoms with Crippen molar-refractivity contribution in [1.82, 2.24) is 5.32 Å². The first-order valence-corrected chi connectivity index (χ1v) is 6.49. The molecule has 2 N–H and O–H groups in total. The summed E-state index contributed by atoms with van der Waals surface area (Å²) < 4.78 is 5.34. The SMILES string of the molecule is CCCCNC(=O)CNc1ccc(OCC)cc1. The van der Waals surface area contributed by atoms with Crippen molar-refractivity contribution in [3.8, 4) is 5.75 Å². The van der Waals surface area contributed by atoms with E-state index in [0.717, 1.165) is 30.8 Å². The van der Waals surface area contributed by atoms with Crippen LogP contribution in [0.4, 0.5) is 5.69 Å². The maximum absolute atomic E-state index is 11.5. The third-order valence-electron chi connectivity index (χ3n) is 2.47. The maximum atomic E-state index is 11.5. The molecule has 1 aromatic carbocycles. The summed E-state index contributed by atoms with van der Waals surface area (Å²) in [5.41, 5.74) is 0.920. The summed E-state index contributed by atoms with van der Waals surface area (Å²) in [5.74, 6) is 0.868. The zero-order valence-electron chi connectivity index (χ0n) is 11.2. The number of anilines is 1. The van der Waals surface area contributed by atoms with E-state index in [-0.39, 0.29) is 5.91 Å². The number of rotatable bonds is 8. The molecule has 0 bridgehead atoms. The Bertz CT molecular complexity index is 349. The zero-order valence-corrected chi connectivity index (χ0v) is 11.2. The van der Waals surface area contributed by atoms with Crippen LogP contribution in [0.5, 0.6) is 5.75 Å². The van der Waals surface area contributed by atoms with Crippen molar-refractivity contribution in [3.63, 3.8) is 0 Å². The topological polar surface area (TPSA) is 50.4 Å². The molecular weight excluding hydrogens is 228 g/mol. The van der Waals surface area contributed by atoms with Gasteiger partial charge in [-0.2, -0.15) is 0 Å². The molecule has 0 saturated carbocycles. The van der Waals surface area contributed by atoms with Gasteiger partial charge in [-0.15, -0.1) is 0 Å². The number of ether oxygens (including phenoxy) is 1. The van der Waals surface area contributed by atoms with Crippen LogP contribution >= 0.6 is 0 Å².